The third kappa shape index (κ3) is 8.15. The Kier molecular flexibility index (Phi) is 11.4. The van der Waals surface area contributed by atoms with Gasteiger partial charge >= 0.3 is 0 Å². The second-order valence-corrected chi connectivity index (χ2v) is 12.4. The first-order valence-corrected chi connectivity index (χ1v) is 15.4. The van der Waals surface area contributed by atoms with Gasteiger partial charge in [-0.3, -0.25) is 24.0 Å². The number of nitrogens with zero attached hydrogens (tertiary/aromatic N) is 3. The smallest absolute Gasteiger partial charge is 0.273 e. The minimum absolute atomic E-state index is 0.0589. The molecule has 1 N–H and O–H groups in total. The number of ether oxygens (including phenoxy) is 1. The van der Waals surface area contributed by atoms with Crippen LogP contribution in [0.15, 0.2) is 65.6 Å². The molecule has 0 radical (unpaired) electrons. The molecule has 3 rings (SSSR count). The zero-order valence-corrected chi connectivity index (χ0v) is 26.4. The summed E-state index contributed by atoms with van der Waals surface area (Å²) in [6.07, 6.45) is 0.671. The summed E-state index contributed by atoms with van der Waals surface area (Å²) in [6, 6.07) is 13.4. The topological polar surface area (TPSA) is 139 Å². The Morgan fingerprint density at radius 3 is 2.40 bits per heavy atom. The molecule has 11 nitrogen and oxygen atoms in total. The van der Waals surface area contributed by atoms with Crippen LogP contribution in [0.2, 0.25) is 10.0 Å². The molecule has 0 aromatic heterocycles. The van der Waals surface area contributed by atoms with Gasteiger partial charge in [0.1, 0.15) is 18.3 Å². The predicted octanol–water partition coefficient (Wildman–Crippen LogP) is 5.36. The van der Waals surface area contributed by atoms with Crippen LogP contribution in [0.5, 0.6) is 5.75 Å². The van der Waals surface area contributed by atoms with E-state index in [4.69, 9.17) is 27.9 Å². The molecule has 0 unspecified atom stereocenters. The molecule has 0 heterocycles. The fourth-order valence-corrected chi connectivity index (χ4v) is 6.07. The Labute approximate surface area is 260 Å². The van der Waals surface area contributed by atoms with Crippen LogP contribution in [0, 0.1) is 17.0 Å². The van der Waals surface area contributed by atoms with E-state index in [-0.39, 0.29) is 28.6 Å². The van der Waals surface area contributed by atoms with Crippen LogP contribution in [0.3, 0.4) is 0 Å². The van der Waals surface area contributed by atoms with E-state index in [9.17, 15) is 28.1 Å². The van der Waals surface area contributed by atoms with Gasteiger partial charge in [0.25, 0.3) is 15.7 Å². The van der Waals surface area contributed by atoms with E-state index >= 15 is 0 Å². The highest BCUT2D eigenvalue weighted by Gasteiger charge is 2.35. The molecule has 1 atom stereocenters. The fraction of sp³-hybridized carbons (Fsp3) is 0.310. The van der Waals surface area contributed by atoms with Gasteiger partial charge in [0.2, 0.25) is 11.8 Å². The number of hydrogen-bond donors (Lipinski definition) is 1. The number of nitro groups is 1. The van der Waals surface area contributed by atoms with Crippen molar-refractivity contribution < 1.29 is 27.7 Å². The summed E-state index contributed by atoms with van der Waals surface area (Å²) >= 11 is 12.4. The van der Waals surface area contributed by atoms with Crippen LogP contribution in [-0.2, 0) is 26.2 Å². The molecule has 2 amide bonds. The van der Waals surface area contributed by atoms with E-state index in [2.05, 4.69) is 5.32 Å². The number of carbonyl (C=O) groups excluding carboxylic acids is 2. The van der Waals surface area contributed by atoms with Gasteiger partial charge in [0.15, 0.2) is 0 Å². The zero-order valence-electron chi connectivity index (χ0n) is 24.0. The first kappa shape index (κ1) is 33.6. The second-order valence-electron chi connectivity index (χ2n) is 9.65. The molecule has 0 aliphatic heterocycles. The maximum Gasteiger partial charge on any atom is 0.273 e. The van der Waals surface area contributed by atoms with Crippen molar-refractivity contribution in [1.29, 1.82) is 0 Å². The predicted molar refractivity (Wildman–Crippen MR) is 165 cm³/mol. The summed E-state index contributed by atoms with van der Waals surface area (Å²) < 4.78 is 34.5. The fourth-order valence-electron chi connectivity index (χ4n) is 4.26. The maximum atomic E-state index is 14.1. The highest BCUT2D eigenvalue weighted by molar-refractivity contribution is 7.92. The molecule has 0 bridgehead atoms. The average molecular weight is 652 g/mol. The van der Waals surface area contributed by atoms with Gasteiger partial charge in [0, 0.05) is 34.8 Å². The average Bonchev–Trinajstić information content (AvgIpc) is 2.96. The van der Waals surface area contributed by atoms with Crippen molar-refractivity contribution in [3.05, 3.63) is 92.0 Å². The minimum Gasteiger partial charge on any atom is -0.495 e. The van der Waals surface area contributed by atoms with Crippen LogP contribution in [-0.4, -0.2) is 56.3 Å². The van der Waals surface area contributed by atoms with E-state index in [1.807, 2.05) is 6.92 Å². The largest absolute Gasteiger partial charge is 0.495 e. The minimum atomic E-state index is -4.62. The second kappa shape index (κ2) is 14.5. The van der Waals surface area contributed by atoms with Gasteiger partial charge in [-0.2, -0.15) is 0 Å². The molecule has 3 aromatic rings. The number of nitrogens with one attached hydrogen (secondary N) is 1. The summed E-state index contributed by atoms with van der Waals surface area (Å²) in [5, 5.41) is 14.9. The lowest BCUT2D eigenvalue weighted by molar-refractivity contribution is -0.385. The molecule has 14 heteroatoms. The molecule has 0 spiro atoms. The summed E-state index contributed by atoms with van der Waals surface area (Å²) in [4.78, 5) is 38.8. The molecular weight excluding hydrogens is 619 g/mol. The maximum absolute atomic E-state index is 14.1. The number of aryl methyl sites for hydroxylation is 1. The van der Waals surface area contributed by atoms with E-state index in [1.54, 1.807) is 24.3 Å². The van der Waals surface area contributed by atoms with Crippen LogP contribution in [0.4, 0.5) is 11.4 Å². The summed E-state index contributed by atoms with van der Waals surface area (Å²) in [6.45, 7) is 4.44. The highest BCUT2D eigenvalue weighted by Crippen LogP contribution is 2.36. The Hall–Kier alpha value is -3.87. The highest BCUT2D eigenvalue weighted by atomic mass is 35.5. The van der Waals surface area contributed by atoms with Crippen LogP contribution >= 0.6 is 23.2 Å². The standard InChI is InChI=1S/C29H32Cl2N4O7S/c1-5-13-32-29(37)20(3)33(17-21-7-6-8-22(30)14-21)28(36)18-34(26-15-23(31)10-12-27(26)42-4)43(40,41)24-11-9-19(2)25(16-24)35(38)39/h6-12,14-16,20H,5,13,17-18H2,1-4H3,(H,32,37)/t20-/m1/s1. The van der Waals surface area contributed by atoms with Crippen LogP contribution in [0.1, 0.15) is 31.4 Å². The Bertz CT molecular complexity index is 1620. The number of amides is 2. The molecule has 230 valence electrons. The lowest BCUT2D eigenvalue weighted by Crippen LogP contribution is -2.51. The first-order valence-electron chi connectivity index (χ1n) is 13.2. The molecule has 0 aliphatic rings. The monoisotopic (exact) mass is 650 g/mol. The first-order chi connectivity index (χ1) is 20.3. The zero-order chi connectivity index (χ0) is 31.9. The van der Waals surface area contributed by atoms with Crippen molar-refractivity contribution in [2.45, 2.75) is 44.7 Å². The van der Waals surface area contributed by atoms with E-state index in [0.717, 1.165) is 10.4 Å². The molecule has 43 heavy (non-hydrogen) atoms. The van der Waals surface area contributed by atoms with Gasteiger partial charge in [-0.15, -0.1) is 0 Å². The molecule has 0 aliphatic carbocycles. The van der Waals surface area contributed by atoms with E-state index in [1.165, 1.54) is 56.2 Å². The number of benzene rings is 3. The number of methoxy groups -OCH3 is 1. The molecule has 3 aromatic carbocycles. The normalized spacial score (nSPS) is 11.9. The van der Waals surface area contributed by atoms with Crippen molar-refractivity contribution >= 4 is 56.4 Å². The number of anilines is 1. The van der Waals surface area contributed by atoms with Gasteiger partial charge in [-0.05, 0) is 62.2 Å². The third-order valence-electron chi connectivity index (χ3n) is 6.61. The van der Waals surface area contributed by atoms with E-state index < -0.39 is 49.9 Å². The van der Waals surface area contributed by atoms with Crippen molar-refractivity contribution in [3.8, 4) is 5.75 Å². The van der Waals surface area contributed by atoms with Crippen molar-refractivity contribution in [2.24, 2.45) is 0 Å². The number of halogens is 2. The number of sulfonamides is 1. The Balaban J connectivity index is 2.15. The molecule has 0 saturated carbocycles. The number of nitro benzene ring substituents is 1. The van der Waals surface area contributed by atoms with E-state index in [0.29, 0.717) is 23.6 Å². The third-order valence-corrected chi connectivity index (χ3v) is 8.84. The molecule has 0 fully saturated rings. The summed E-state index contributed by atoms with van der Waals surface area (Å²) in [5.74, 6) is -1.08. The number of carbonyl (C=O) groups is 2. The van der Waals surface area contributed by atoms with Gasteiger partial charge in [-0.25, -0.2) is 8.42 Å². The summed E-state index contributed by atoms with van der Waals surface area (Å²) in [7, 11) is -3.30. The Morgan fingerprint density at radius 2 is 1.77 bits per heavy atom. The van der Waals surface area contributed by atoms with Crippen LogP contribution in [0.25, 0.3) is 0 Å². The van der Waals surface area contributed by atoms with Crippen LogP contribution < -0.4 is 14.4 Å². The number of rotatable bonds is 13. The van der Waals surface area contributed by atoms with Gasteiger partial charge in [0.05, 0.1) is 22.6 Å². The van der Waals surface area contributed by atoms with Gasteiger partial charge < -0.3 is 15.0 Å². The lowest BCUT2D eigenvalue weighted by Gasteiger charge is -2.32. The van der Waals surface area contributed by atoms with Crippen molar-refractivity contribution in [1.82, 2.24) is 10.2 Å². The molecular formula is C29H32Cl2N4O7S. The SMILES string of the molecule is CCCNC(=O)[C@@H](C)N(Cc1cccc(Cl)c1)C(=O)CN(c1cc(Cl)ccc1OC)S(=O)(=O)c1ccc(C)c([N+](=O)[O-])c1. The Morgan fingerprint density at radius 1 is 1.07 bits per heavy atom. The summed E-state index contributed by atoms with van der Waals surface area (Å²) in [5.41, 5.74) is 0.387. The van der Waals surface area contributed by atoms with Crippen molar-refractivity contribution in [3.63, 3.8) is 0 Å². The lowest BCUT2D eigenvalue weighted by atomic mass is 10.1. The number of hydrogen-bond acceptors (Lipinski definition) is 7. The van der Waals surface area contributed by atoms with Gasteiger partial charge in [-0.1, -0.05) is 48.3 Å². The quantitative estimate of drug-likeness (QED) is 0.194. The molecule has 0 saturated heterocycles. The van der Waals surface area contributed by atoms with Crippen molar-refractivity contribution in [2.75, 3.05) is 24.5 Å².